The van der Waals surface area contributed by atoms with Gasteiger partial charge in [0.05, 0.1) is 5.56 Å². The minimum Gasteiger partial charge on any atom is -0.481 e. The van der Waals surface area contributed by atoms with Crippen molar-refractivity contribution in [3.8, 4) is 28.6 Å². The molecule has 0 amide bonds. The molecule has 2 aromatic carbocycles. The summed E-state index contributed by atoms with van der Waals surface area (Å²) in [5, 5.41) is 4.68. The normalized spacial score (nSPS) is 13.5. The molecule has 5 nitrogen and oxygen atoms in total. The van der Waals surface area contributed by atoms with Crippen molar-refractivity contribution in [2.24, 2.45) is 7.05 Å². The van der Waals surface area contributed by atoms with Gasteiger partial charge in [0, 0.05) is 35.3 Å². The monoisotopic (exact) mass is 455 g/mol. The lowest BCUT2D eigenvalue weighted by Crippen LogP contribution is -2.31. The van der Waals surface area contributed by atoms with E-state index in [0.717, 1.165) is 23.0 Å². The Morgan fingerprint density at radius 1 is 1.03 bits per heavy atom. The quantitative estimate of drug-likeness (QED) is 0.342. The minimum absolute atomic E-state index is 0.108. The van der Waals surface area contributed by atoms with Crippen LogP contribution in [-0.4, -0.2) is 27.0 Å². The third kappa shape index (κ3) is 4.02. The van der Waals surface area contributed by atoms with Crippen LogP contribution in [0.25, 0.3) is 33.7 Å². The number of ether oxygens (including phenoxy) is 1. The predicted molar refractivity (Wildman–Crippen MR) is 103 cm³/mol. The number of benzene rings is 2. The Hall–Kier alpha value is -3.50. The standard InChI is InChI=1S/C21H15F6N3O2/c1-11(20(22,23)24)31-17-7-6-12(10-15(17)21(25,26)27)19-28-18(29-32-19)14-4-3-5-16-13(14)8-9-30(16)2/h3-11H,1-2H3. The van der Waals surface area contributed by atoms with Crippen molar-refractivity contribution in [1.82, 2.24) is 14.7 Å². The number of hydrogen-bond acceptors (Lipinski definition) is 4. The van der Waals surface area contributed by atoms with Crippen molar-refractivity contribution >= 4 is 10.9 Å². The number of hydrogen-bond donors (Lipinski definition) is 0. The van der Waals surface area contributed by atoms with Crippen LogP contribution in [-0.2, 0) is 13.2 Å². The van der Waals surface area contributed by atoms with E-state index in [2.05, 4.69) is 14.9 Å². The smallest absolute Gasteiger partial charge is 0.425 e. The number of halogens is 6. The van der Waals surface area contributed by atoms with Crippen molar-refractivity contribution < 1.29 is 35.6 Å². The summed E-state index contributed by atoms with van der Waals surface area (Å²) < 4.78 is 90.3. The fourth-order valence-corrected chi connectivity index (χ4v) is 3.19. The van der Waals surface area contributed by atoms with E-state index >= 15 is 0 Å². The molecule has 0 N–H and O–H groups in total. The van der Waals surface area contributed by atoms with Gasteiger partial charge in [-0.05, 0) is 37.3 Å². The van der Waals surface area contributed by atoms with Gasteiger partial charge in [0.25, 0.3) is 5.89 Å². The van der Waals surface area contributed by atoms with Gasteiger partial charge in [0.1, 0.15) is 5.75 Å². The van der Waals surface area contributed by atoms with E-state index in [0.29, 0.717) is 18.6 Å². The number of aromatic nitrogens is 3. The van der Waals surface area contributed by atoms with Gasteiger partial charge in [-0.1, -0.05) is 17.3 Å². The van der Waals surface area contributed by atoms with E-state index < -0.39 is 29.8 Å². The summed E-state index contributed by atoms with van der Waals surface area (Å²) >= 11 is 0. The topological polar surface area (TPSA) is 53.1 Å². The zero-order valence-electron chi connectivity index (χ0n) is 16.6. The lowest BCUT2D eigenvalue weighted by atomic mass is 10.1. The third-order valence-corrected chi connectivity index (χ3v) is 4.89. The van der Waals surface area contributed by atoms with Gasteiger partial charge in [0.15, 0.2) is 6.10 Å². The second-order valence-electron chi connectivity index (χ2n) is 7.10. The van der Waals surface area contributed by atoms with Gasteiger partial charge in [-0.3, -0.25) is 0 Å². The van der Waals surface area contributed by atoms with Gasteiger partial charge in [-0.2, -0.15) is 31.3 Å². The molecule has 4 aromatic rings. The number of alkyl halides is 6. The van der Waals surface area contributed by atoms with Gasteiger partial charge >= 0.3 is 12.4 Å². The molecule has 2 aromatic heterocycles. The fourth-order valence-electron chi connectivity index (χ4n) is 3.19. The highest BCUT2D eigenvalue weighted by atomic mass is 19.4. The molecule has 11 heteroatoms. The van der Waals surface area contributed by atoms with Crippen molar-refractivity contribution in [1.29, 1.82) is 0 Å². The van der Waals surface area contributed by atoms with E-state index in [1.165, 1.54) is 0 Å². The van der Waals surface area contributed by atoms with Crippen molar-refractivity contribution in [2.75, 3.05) is 0 Å². The molecule has 0 aliphatic carbocycles. The molecular weight excluding hydrogens is 440 g/mol. The Balaban J connectivity index is 1.72. The summed E-state index contributed by atoms with van der Waals surface area (Å²) in [6.45, 7) is 0.628. The van der Waals surface area contributed by atoms with Crippen LogP contribution in [0.15, 0.2) is 53.2 Å². The first-order chi connectivity index (χ1) is 14.9. The Morgan fingerprint density at radius 3 is 2.47 bits per heavy atom. The molecule has 0 aliphatic heterocycles. The maximum atomic E-state index is 13.5. The van der Waals surface area contributed by atoms with Gasteiger partial charge in [-0.15, -0.1) is 0 Å². The van der Waals surface area contributed by atoms with E-state index in [4.69, 9.17) is 4.52 Å². The van der Waals surface area contributed by atoms with Crippen LogP contribution in [0.5, 0.6) is 5.75 Å². The Labute approximate surface area is 177 Å². The largest absolute Gasteiger partial charge is 0.481 e. The molecule has 0 spiro atoms. The predicted octanol–water partition coefficient (Wildman–Crippen LogP) is 6.24. The van der Waals surface area contributed by atoms with Crippen LogP contribution in [0.1, 0.15) is 12.5 Å². The van der Waals surface area contributed by atoms with Gasteiger partial charge in [0.2, 0.25) is 5.82 Å². The molecule has 0 fully saturated rings. The molecule has 168 valence electrons. The van der Waals surface area contributed by atoms with Crippen LogP contribution >= 0.6 is 0 Å². The van der Waals surface area contributed by atoms with Crippen LogP contribution in [0.3, 0.4) is 0 Å². The van der Waals surface area contributed by atoms with Crippen LogP contribution in [0, 0.1) is 0 Å². The molecule has 0 bridgehead atoms. The third-order valence-electron chi connectivity index (χ3n) is 4.89. The molecule has 0 saturated carbocycles. The Morgan fingerprint density at radius 2 is 1.78 bits per heavy atom. The molecule has 1 atom stereocenters. The summed E-state index contributed by atoms with van der Waals surface area (Å²) in [6.07, 6.45) is -10.4. The van der Waals surface area contributed by atoms with Crippen LogP contribution in [0.2, 0.25) is 0 Å². The van der Waals surface area contributed by atoms with E-state index in [1.807, 2.05) is 29.9 Å². The molecular formula is C21H15F6N3O2. The molecule has 0 saturated heterocycles. The average Bonchev–Trinajstić information content (AvgIpc) is 3.34. The van der Waals surface area contributed by atoms with Crippen molar-refractivity contribution in [3.63, 3.8) is 0 Å². The molecule has 4 rings (SSSR count). The second-order valence-corrected chi connectivity index (χ2v) is 7.10. The number of fused-ring (bicyclic) bond motifs is 1. The maximum absolute atomic E-state index is 13.5. The maximum Gasteiger partial charge on any atom is 0.425 e. The number of aryl methyl sites for hydroxylation is 1. The SMILES string of the molecule is CC(Oc1ccc(-c2nc(-c3cccc4c3ccn4C)no2)cc1C(F)(F)F)C(F)(F)F. The van der Waals surface area contributed by atoms with Gasteiger partial charge < -0.3 is 13.8 Å². The number of rotatable bonds is 4. The molecule has 32 heavy (non-hydrogen) atoms. The number of nitrogens with zero attached hydrogens (tertiary/aromatic N) is 3. The summed E-state index contributed by atoms with van der Waals surface area (Å²) in [4.78, 5) is 4.19. The summed E-state index contributed by atoms with van der Waals surface area (Å²) in [5.74, 6) is -0.995. The highest BCUT2D eigenvalue weighted by Crippen LogP contribution is 2.40. The van der Waals surface area contributed by atoms with Crippen molar-refractivity contribution in [2.45, 2.75) is 25.4 Å². The highest BCUT2D eigenvalue weighted by molar-refractivity contribution is 5.93. The summed E-state index contributed by atoms with van der Waals surface area (Å²) in [5.41, 5.74) is 0.0286. The Kier molecular flexibility index (Phi) is 5.14. The van der Waals surface area contributed by atoms with E-state index in [1.54, 1.807) is 12.1 Å². The second kappa shape index (κ2) is 7.57. The zero-order valence-corrected chi connectivity index (χ0v) is 16.6. The molecule has 1 unspecified atom stereocenters. The summed E-state index contributed by atoms with van der Waals surface area (Å²) in [6, 6.07) is 9.82. The van der Waals surface area contributed by atoms with Crippen molar-refractivity contribution in [3.05, 3.63) is 54.2 Å². The first kappa shape index (κ1) is 21.7. The first-order valence-electron chi connectivity index (χ1n) is 9.28. The van der Waals surface area contributed by atoms with E-state index in [-0.39, 0.29) is 17.3 Å². The lowest BCUT2D eigenvalue weighted by Gasteiger charge is -2.20. The minimum atomic E-state index is -4.96. The highest BCUT2D eigenvalue weighted by Gasteiger charge is 2.41. The fraction of sp³-hybridized carbons (Fsp3) is 0.238. The molecule has 0 aliphatic rings. The molecule has 2 heterocycles. The zero-order chi connectivity index (χ0) is 23.3. The van der Waals surface area contributed by atoms with Crippen LogP contribution in [0.4, 0.5) is 26.3 Å². The van der Waals surface area contributed by atoms with Crippen LogP contribution < -0.4 is 4.74 Å². The summed E-state index contributed by atoms with van der Waals surface area (Å²) in [7, 11) is 1.86. The van der Waals surface area contributed by atoms with E-state index in [9.17, 15) is 26.3 Å². The van der Waals surface area contributed by atoms with Gasteiger partial charge in [-0.25, -0.2) is 0 Å². The first-order valence-corrected chi connectivity index (χ1v) is 9.28. The molecule has 0 radical (unpaired) electrons. The lowest BCUT2D eigenvalue weighted by molar-refractivity contribution is -0.191. The average molecular weight is 455 g/mol. The Bertz CT molecular complexity index is 1270.